The number of nitrogens with one attached hydrogen (secondary N) is 1. The van der Waals surface area contributed by atoms with E-state index in [4.69, 9.17) is 11.6 Å². The molecule has 3 saturated heterocycles. The van der Waals surface area contributed by atoms with Gasteiger partial charge < -0.3 is 15.1 Å². The SMILES string of the molecule is CCCN1C(=O)[C@@H]2CC[C@H]1CN(C(=O)Nc1cccc(Cl)c1)C2. The van der Waals surface area contributed by atoms with Crippen molar-refractivity contribution in [3.8, 4) is 0 Å². The fourth-order valence-corrected chi connectivity index (χ4v) is 3.70. The lowest BCUT2D eigenvalue weighted by molar-refractivity contribution is -0.139. The van der Waals surface area contributed by atoms with Crippen LogP contribution in [0.4, 0.5) is 10.5 Å². The van der Waals surface area contributed by atoms with Gasteiger partial charge in [0.15, 0.2) is 0 Å². The van der Waals surface area contributed by atoms with Gasteiger partial charge in [0.1, 0.15) is 0 Å². The van der Waals surface area contributed by atoms with Crippen LogP contribution >= 0.6 is 11.6 Å². The van der Waals surface area contributed by atoms with Crippen LogP contribution in [0.25, 0.3) is 0 Å². The summed E-state index contributed by atoms with van der Waals surface area (Å²) in [6, 6.07) is 7.09. The number of fused-ring (bicyclic) bond motifs is 4. The van der Waals surface area contributed by atoms with Crippen molar-refractivity contribution in [1.82, 2.24) is 9.80 Å². The number of benzene rings is 1. The molecule has 23 heavy (non-hydrogen) atoms. The number of amides is 3. The molecule has 0 saturated carbocycles. The third-order valence-electron chi connectivity index (χ3n) is 4.62. The Labute approximate surface area is 141 Å². The molecule has 3 fully saturated rings. The van der Waals surface area contributed by atoms with Crippen LogP contribution in [0.3, 0.4) is 0 Å². The third-order valence-corrected chi connectivity index (χ3v) is 4.86. The Morgan fingerprint density at radius 2 is 2.17 bits per heavy atom. The topological polar surface area (TPSA) is 52.7 Å². The smallest absolute Gasteiger partial charge is 0.321 e. The normalized spacial score (nSPS) is 23.8. The van der Waals surface area contributed by atoms with Gasteiger partial charge in [0.2, 0.25) is 5.91 Å². The molecule has 2 atom stereocenters. The monoisotopic (exact) mass is 335 g/mol. The van der Waals surface area contributed by atoms with Crippen LogP contribution in [0.5, 0.6) is 0 Å². The second-order valence-electron chi connectivity index (χ2n) is 6.31. The van der Waals surface area contributed by atoms with E-state index in [1.165, 1.54) is 0 Å². The number of urea groups is 1. The zero-order valence-electron chi connectivity index (χ0n) is 13.3. The van der Waals surface area contributed by atoms with Gasteiger partial charge in [-0.1, -0.05) is 24.6 Å². The highest BCUT2D eigenvalue weighted by Gasteiger charge is 2.41. The van der Waals surface area contributed by atoms with Gasteiger partial charge in [-0.2, -0.15) is 0 Å². The molecule has 2 bridgehead atoms. The van der Waals surface area contributed by atoms with E-state index >= 15 is 0 Å². The van der Waals surface area contributed by atoms with Gasteiger partial charge in [-0.25, -0.2) is 4.79 Å². The number of halogens is 1. The molecule has 3 amide bonds. The predicted octanol–water partition coefficient (Wildman–Crippen LogP) is 3.20. The fraction of sp³-hybridized carbons (Fsp3) is 0.529. The van der Waals surface area contributed by atoms with Crippen LogP contribution in [-0.2, 0) is 4.79 Å². The Morgan fingerprint density at radius 1 is 1.35 bits per heavy atom. The first-order valence-corrected chi connectivity index (χ1v) is 8.58. The highest BCUT2D eigenvalue weighted by atomic mass is 35.5. The summed E-state index contributed by atoms with van der Waals surface area (Å²) >= 11 is 5.95. The van der Waals surface area contributed by atoms with Crippen LogP contribution in [0.1, 0.15) is 26.2 Å². The highest BCUT2D eigenvalue weighted by molar-refractivity contribution is 6.30. The molecule has 1 N–H and O–H groups in total. The summed E-state index contributed by atoms with van der Waals surface area (Å²) in [5.41, 5.74) is 0.677. The van der Waals surface area contributed by atoms with Gasteiger partial charge >= 0.3 is 6.03 Å². The van der Waals surface area contributed by atoms with Crippen LogP contribution < -0.4 is 5.32 Å². The second-order valence-corrected chi connectivity index (χ2v) is 6.74. The van der Waals surface area contributed by atoms with Crippen molar-refractivity contribution in [2.75, 3.05) is 25.0 Å². The predicted molar refractivity (Wildman–Crippen MR) is 90.6 cm³/mol. The van der Waals surface area contributed by atoms with Crippen molar-refractivity contribution < 1.29 is 9.59 Å². The van der Waals surface area contributed by atoms with Gasteiger partial charge in [0.25, 0.3) is 0 Å². The highest BCUT2D eigenvalue weighted by Crippen LogP contribution is 2.29. The summed E-state index contributed by atoms with van der Waals surface area (Å²) in [5, 5.41) is 3.47. The molecule has 0 aromatic heterocycles. The molecule has 3 aliphatic heterocycles. The van der Waals surface area contributed by atoms with Crippen LogP contribution in [0.2, 0.25) is 5.02 Å². The van der Waals surface area contributed by atoms with E-state index in [0.29, 0.717) is 23.8 Å². The Kier molecular flexibility index (Phi) is 4.76. The number of piperidine rings is 1. The van der Waals surface area contributed by atoms with Crippen molar-refractivity contribution in [3.05, 3.63) is 29.3 Å². The molecule has 3 aliphatic rings. The second kappa shape index (κ2) is 6.79. The molecule has 0 unspecified atom stereocenters. The Hall–Kier alpha value is -1.75. The zero-order valence-corrected chi connectivity index (χ0v) is 14.1. The van der Waals surface area contributed by atoms with E-state index in [0.717, 1.165) is 25.8 Å². The first kappa shape index (κ1) is 16.1. The zero-order chi connectivity index (χ0) is 16.4. The van der Waals surface area contributed by atoms with Crippen molar-refractivity contribution in [3.63, 3.8) is 0 Å². The van der Waals surface area contributed by atoms with Gasteiger partial charge in [-0.15, -0.1) is 0 Å². The number of hydrogen-bond donors (Lipinski definition) is 1. The molecule has 6 heteroatoms. The number of anilines is 1. The van der Waals surface area contributed by atoms with Gasteiger partial charge in [0, 0.05) is 36.4 Å². The molecular formula is C17H22ClN3O2. The Balaban J connectivity index is 1.71. The first-order chi connectivity index (χ1) is 11.1. The molecule has 0 radical (unpaired) electrons. The number of hydrogen-bond acceptors (Lipinski definition) is 2. The number of rotatable bonds is 3. The van der Waals surface area contributed by atoms with Crippen molar-refractivity contribution in [1.29, 1.82) is 0 Å². The minimum absolute atomic E-state index is 0.0644. The minimum atomic E-state index is -0.157. The van der Waals surface area contributed by atoms with E-state index in [9.17, 15) is 9.59 Å². The molecular weight excluding hydrogens is 314 g/mol. The lowest BCUT2D eigenvalue weighted by Gasteiger charge is -2.35. The van der Waals surface area contributed by atoms with Gasteiger partial charge in [-0.05, 0) is 37.5 Å². The van der Waals surface area contributed by atoms with Crippen molar-refractivity contribution in [2.24, 2.45) is 5.92 Å². The molecule has 0 spiro atoms. The molecule has 1 aromatic carbocycles. The summed E-state index contributed by atoms with van der Waals surface area (Å²) < 4.78 is 0. The fourth-order valence-electron chi connectivity index (χ4n) is 3.51. The van der Waals surface area contributed by atoms with Crippen molar-refractivity contribution in [2.45, 2.75) is 32.2 Å². The molecule has 124 valence electrons. The standard InChI is InChI=1S/C17H22ClN3O2/c1-2-8-21-15-7-6-12(16(21)22)10-20(11-15)17(23)19-14-5-3-4-13(18)9-14/h3-5,9,12,15H,2,6-8,10-11H2,1H3,(H,19,23)/t12-,15+/m1/s1. The van der Waals surface area contributed by atoms with Crippen LogP contribution in [-0.4, -0.2) is 47.4 Å². The lowest BCUT2D eigenvalue weighted by atomic mass is 9.94. The quantitative estimate of drug-likeness (QED) is 0.922. The summed E-state index contributed by atoms with van der Waals surface area (Å²) in [5.74, 6) is 0.145. The Morgan fingerprint density at radius 3 is 2.91 bits per heavy atom. The number of carbonyl (C=O) groups is 2. The van der Waals surface area contributed by atoms with E-state index in [1.807, 2.05) is 11.0 Å². The largest absolute Gasteiger partial charge is 0.338 e. The first-order valence-electron chi connectivity index (χ1n) is 8.20. The average Bonchev–Trinajstić information content (AvgIpc) is 2.81. The number of carbonyl (C=O) groups excluding carboxylic acids is 2. The Bertz CT molecular complexity index is 607. The van der Waals surface area contributed by atoms with E-state index in [1.54, 1.807) is 23.1 Å². The molecule has 4 rings (SSSR count). The third kappa shape index (κ3) is 3.44. The van der Waals surface area contributed by atoms with E-state index in [2.05, 4.69) is 12.2 Å². The molecule has 0 aliphatic carbocycles. The van der Waals surface area contributed by atoms with E-state index < -0.39 is 0 Å². The summed E-state index contributed by atoms with van der Waals surface area (Å²) in [6.45, 7) is 3.97. The average molecular weight is 336 g/mol. The maximum Gasteiger partial charge on any atom is 0.321 e. The van der Waals surface area contributed by atoms with Gasteiger partial charge in [0.05, 0.1) is 5.92 Å². The van der Waals surface area contributed by atoms with Crippen LogP contribution in [0.15, 0.2) is 24.3 Å². The number of nitrogens with zero attached hydrogens (tertiary/aromatic N) is 2. The lowest BCUT2D eigenvalue weighted by Crippen LogP contribution is -2.48. The van der Waals surface area contributed by atoms with Crippen LogP contribution in [0, 0.1) is 5.92 Å². The van der Waals surface area contributed by atoms with E-state index in [-0.39, 0.29) is 23.9 Å². The summed E-state index contributed by atoms with van der Waals surface area (Å²) in [7, 11) is 0. The minimum Gasteiger partial charge on any atom is -0.338 e. The van der Waals surface area contributed by atoms with Gasteiger partial charge in [-0.3, -0.25) is 4.79 Å². The maximum atomic E-state index is 12.6. The molecule has 3 heterocycles. The summed E-state index contributed by atoms with van der Waals surface area (Å²) in [6.07, 6.45) is 2.81. The molecule has 5 nitrogen and oxygen atoms in total. The van der Waals surface area contributed by atoms with Crippen molar-refractivity contribution >= 4 is 29.2 Å². The summed E-state index contributed by atoms with van der Waals surface area (Å²) in [4.78, 5) is 28.8. The maximum absolute atomic E-state index is 12.6. The molecule has 1 aromatic rings.